The highest BCUT2D eigenvalue weighted by molar-refractivity contribution is 6.31. The molecule has 0 saturated heterocycles. The van der Waals surface area contributed by atoms with Crippen LogP contribution >= 0.6 is 11.6 Å². The Bertz CT molecular complexity index is 372. The van der Waals surface area contributed by atoms with Gasteiger partial charge < -0.3 is 0 Å². The molecule has 1 aromatic rings. The molecule has 0 fully saturated rings. The molecule has 1 aromatic carbocycles. The maximum atomic E-state index is 13.6. The summed E-state index contributed by atoms with van der Waals surface area (Å²) in [4.78, 5) is 0. The van der Waals surface area contributed by atoms with Crippen molar-refractivity contribution >= 4 is 11.6 Å². The average molecular weight is 237 g/mol. The van der Waals surface area contributed by atoms with E-state index in [9.17, 15) is 13.2 Å². The fourth-order valence-corrected chi connectivity index (χ4v) is 1.56. The Kier molecular flexibility index (Phi) is 3.34. The smallest absolute Gasteiger partial charge is 0.207 e. The van der Waals surface area contributed by atoms with Crippen molar-refractivity contribution in [2.75, 3.05) is 0 Å². The number of benzene rings is 1. The van der Waals surface area contributed by atoms with E-state index in [0.29, 0.717) is 0 Å². The minimum absolute atomic E-state index is 0.0902. The monoisotopic (exact) mass is 236 g/mol. The Morgan fingerprint density at radius 2 is 1.80 bits per heavy atom. The van der Waals surface area contributed by atoms with Crippen LogP contribution in [0.3, 0.4) is 0 Å². The molecule has 0 aliphatic heterocycles. The van der Waals surface area contributed by atoms with Gasteiger partial charge in [-0.3, -0.25) is 0 Å². The van der Waals surface area contributed by atoms with Crippen LogP contribution in [0, 0.1) is 18.7 Å². The molecule has 0 aliphatic carbocycles. The number of alkyl halides is 2. The van der Waals surface area contributed by atoms with Crippen LogP contribution in [0.1, 0.15) is 25.0 Å². The molecule has 0 unspecified atom stereocenters. The van der Waals surface area contributed by atoms with E-state index in [1.54, 1.807) is 0 Å². The first kappa shape index (κ1) is 12.4. The molecule has 0 N–H and O–H groups in total. The van der Waals surface area contributed by atoms with Crippen molar-refractivity contribution in [3.8, 4) is 0 Å². The Morgan fingerprint density at radius 3 is 2.27 bits per heavy atom. The van der Waals surface area contributed by atoms with Crippen molar-refractivity contribution in [1.29, 1.82) is 0 Å². The van der Waals surface area contributed by atoms with E-state index in [1.165, 1.54) is 26.8 Å². The van der Waals surface area contributed by atoms with Crippen molar-refractivity contribution in [3.63, 3.8) is 0 Å². The summed E-state index contributed by atoms with van der Waals surface area (Å²) in [6.45, 7) is 4.22. The summed E-state index contributed by atoms with van der Waals surface area (Å²) in [7, 11) is 0. The van der Waals surface area contributed by atoms with Crippen molar-refractivity contribution in [3.05, 3.63) is 34.1 Å². The first-order valence-electron chi connectivity index (χ1n) is 4.60. The van der Waals surface area contributed by atoms with Gasteiger partial charge in [-0.25, -0.2) is 13.2 Å². The molecule has 0 amide bonds. The van der Waals surface area contributed by atoms with E-state index in [-0.39, 0.29) is 10.6 Å². The molecular weight excluding hydrogens is 225 g/mol. The highest BCUT2D eigenvalue weighted by Gasteiger charge is 2.38. The van der Waals surface area contributed by atoms with Crippen LogP contribution in [0.5, 0.6) is 0 Å². The first-order valence-corrected chi connectivity index (χ1v) is 4.98. The second-order valence-electron chi connectivity index (χ2n) is 3.86. The maximum Gasteiger partial charge on any atom is 0.277 e. The molecule has 15 heavy (non-hydrogen) atoms. The van der Waals surface area contributed by atoms with Crippen molar-refractivity contribution in [2.24, 2.45) is 5.92 Å². The molecule has 0 nitrogen and oxygen atoms in total. The van der Waals surface area contributed by atoms with E-state index in [2.05, 4.69) is 0 Å². The molecule has 0 heterocycles. The van der Waals surface area contributed by atoms with Gasteiger partial charge in [-0.2, -0.15) is 0 Å². The normalized spacial score (nSPS) is 12.3. The lowest BCUT2D eigenvalue weighted by atomic mass is 9.96. The fraction of sp³-hybridized carbons (Fsp3) is 0.455. The third-order valence-electron chi connectivity index (χ3n) is 2.33. The van der Waals surface area contributed by atoms with Crippen LogP contribution in [0.15, 0.2) is 12.1 Å². The van der Waals surface area contributed by atoms with E-state index in [1.807, 2.05) is 0 Å². The molecule has 0 saturated carbocycles. The van der Waals surface area contributed by atoms with Crippen LogP contribution in [-0.2, 0) is 5.92 Å². The van der Waals surface area contributed by atoms with Gasteiger partial charge in [0.05, 0.1) is 5.02 Å². The summed E-state index contributed by atoms with van der Waals surface area (Å²) in [6, 6.07) is 2.04. The van der Waals surface area contributed by atoms with Crippen LogP contribution in [0.2, 0.25) is 5.02 Å². The number of hydrogen-bond donors (Lipinski definition) is 0. The van der Waals surface area contributed by atoms with Gasteiger partial charge in [-0.1, -0.05) is 25.4 Å². The van der Waals surface area contributed by atoms with E-state index in [0.717, 1.165) is 6.07 Å². The van der Waals surface area contributed by atoms with Gasteiger partial charge in [0, 0.05) is 11.5 Å². The standard InChI is InChI=1S/C11H12ClF3/c1-6(2)11(14,15)8-5-10(13)7(3)4-9(8)12/h4-6H,1-3H3. The van der Waals surface area contributed by atoms with Crippen molar-refractivity contribution in [2.45, 2.75) is 26.7 Å². The minimum atomic E-state index is -3.11. The lowest BCUT2D eigenvalue weighted by molar-refractivity contribution is -0.0515. The van der Waals surface area contributed by atoms with Crippen molar-refractivity contribution in [1.82, 2.24) is 0 Å². The summed E-state index contributed by atoms with van der Waals surface area (Å²) >= 11 is 5.68. The van der Waals surface area contributed by atoms with Gasteiger partial charge in [0.1, 0.15) is 5.82 Å². The summed E-state index contributed by atoms with van der Waals surface area (Å²) < 4.78 is 40.4. The Balaban J connectivity index is 3.32. The summed E-state index contributed by atoms with van der Waals surface area (Å²) in [6.07, 6.45) is 0. The molecule has 0 atom stereocenters. The second-order valence-corrected chi connectivity index (χ2v) is 4.27. The Hall–Kier alpha value is -0.700. The first-order chi connectivity index (χ1) is 6.76. The van der Waals surface area contributed by atoms with Gasteiger partial charge in [-0.15, -0.1) is 0 Å². The minimum Gasteiger partial charge on any atom is -0.207 e. The molecule has 0 radical (unpaired) electrons. The molecule has 1 rings (SSSR count). The van der Waals surface area contributed by atoms with E-state index in [4.69, 9.17) is 11.6 Å². The van der Waals surface area contributed by atoms with Gasteiger partial charge in [-0.05, 0) is 24.6 Å². The molecule has 0 aromatic heterocycles. The number of aryl methyl sites for hydroxylation is 1. The summed E-state index contributed by atoms with van der Waals surface area (Å²) in [5.74, 6) is -4.68. The number of rotatable bonds is 2. The molecule has 4 heteroatoms. The zero-order chi connectivity index (χ0) is 11.8. The predicted molar refractivity (Wildman–Crippen MR) is 54.9 cm³/mol. The predicted octanol–water partition coefficient (Wildman–Crippen LogP) is 4.54. The topological polar surface area (TPSA) is 0 Å². The highest BCUT2D eigenvalue weighted by Crippen LogP contribution is 2.40. The zero-order valence-electron chi connectivity index (χ0n) is 8.74. The zero-order valence-corrected chi connectivity index (χ0v) is 9.50. The summed E-state index contributed by atoms with van der Waals surface area (Å²) in [5, 5.41) is -0.0902. The Morgan fingerprint density at radius 1 is 1.27 bits per heavy atom. The molecule has 0 bridgehead atoms. The van der Waals surface area contributed by atoms with Crippen LogP contribution in [-0.4, -0.2) is 0 Å². The van der Waals surface area contributed by atoms with E-state index < -0.39 is 23.2 Å². The van der Waals surface area contributed by atoms with Gasteiger partial charge in [0.15, 0.2) is 0 Å². The highest BCUT2D eigenvalue weighted by atomic mass is 35.5. The fourth-order valence-electron chi connectivity index (χ4n) is 1.21. The average Bonchev–Trinajstić information content (AvgIpc) is 2.10. The molecule has 0 aliphatic rings. The van der Waals surface area contributed by atoms with Gasteiger partial charge in [0.2, 0.25) is 0 Å². The van der Waals surface area contributed by atoms with Crippen molar-refractivity contribution < 1.29 is 13.2 Å². The quantitative estimate of drug-likeness (QED) is 0.707. The SMILES string of the molecule is Cc1cc(Cl)c(C(F)(F)C(C)C)cc1F. The lowest BCUT2D eigenvalue weighted by Crippen LogP contribution is -2.21. The number of halogens is 4. The molecule has 0 spiro atoms. The van der Waals surface area contributed by atoms with E-state index >= 15 is 0 Å². The lowest BCUT2D eigenvalue weighted by Gasteiger charge is -2.22. The number of hydrogen-bond acceptors (Lipinski definition) is 0. The third kappa shape index (κ3) is 2.28. The maximum absolute atomic E-state index is 13.6. The van der Waals surface area contributed by atoms with Crippen LogP contribution in [0.4, 0.5) is 13.2 Å². The van der Waals surface area contributed by atoms with Gasteiger partial charge in [0.25, 0.3) is 5.92 Å². The van der Waals surface area contributed by atoms with Crippen LogP contribution in [0.25, 0.3) is 0 Å². The largest absolute Gasteiger partial charge is 0.277 e. The molecule has 84 valence electrons. The Labute approximate surface area is 92.1 Å². The third-order valence-corrected chi connectivity index (χ3v) is 2.65. The molecular formula is C11H12ClF3. The second kappa shape index (κ2) is 4.05. The summed E-state index contributed by atoms with van der Waals surface area (Å²) in [5.41, 5.74) is -0.175. The van der Waals surface area contributed by atoms with Gasteiger partial charge >= 0.3 is 0 Å². The van der Waals surface area contributed by atoms with Crippen LogP contribution < -0.4 is 0 Å².